The van der Waals surface area contributed by atoms with E-state index in [9.17, 15) is 5.11 Å². The third kappa shape index (κ3) is 3.85. The van der Waals surface area contributed by atoms with E-state index in [4.69, 9.17) is 5.73 Å². The highest BCUT2D eigenvalue weighted by Gasteiger charge is 2.27. The van der Waals surface area contributed by atoms with Crippen LogP contribution in [0.1, 0.15) is 13.8 Å². The zero-order valence-corrected chi connectivity index (χ0v) is 9.31. The largest absolute Gasteiger partial charge is 0.390 e. The first kappa shape index (κ1) is 11.3. The van der Waals surface area contributed by atoms with E-state index in [2.05, 4.69) is 18.7 Å². The van der Waals surface area contributed by atoms with Crippen molar-refractivity contribution in [2.45, 2.75) is 24.7 Å². The Morgan fingerprint density at radius 2 is 2.31 bits per heavy atom. The molecule has 0 bridgehead atoms. The molecule has 0 saturated carbocycles. The predicted molar refractivity (Wildman–Crippen MR) is 58.0 cm³/mol. The highest BCUT2D eigenvalue weighted by Crippen LogP contribution is 2.29. The van der Waals surface area contributed by atoms with E-state index in [0.29, 0.717) is 11.3 Å². The molecule has 1 aliphatic heterocycles. The van der Waals surface area contributed by atoms with Crippen LogP contribution in [0.25, 0.3) is 0 Å². The Bertz CT molecular complexity index is 164. The van der Waals surface area contributed by atoms with Gasteiger partial charge in [0.1, 0.15) is 0 Å². The lowest BCUT2D eigenvalue weighted by Gasteiger charge is -2.38. The molecular formula is C9H20N2OS. The van der Waals surface area contributed by atoms with Gasteiger partial charge in [-0.25, -0.2) is 0 Å². The highest BCUT2D eigenvalue weighted by molar-refractivity contribution is 8.00. The van der Waals surface area contributed by atoms with Crippen LogP contribution in [0, 0.1) is 0 Å². The van der Waals surface area contributed by atoms with Crippen molar-refractivity contribution in [3.8, 4) is 0 Å². The van der Waals surface area contributed by atoms with Gasteiger partial charge in [0.25, 0.3) is 0 Å². The van der Waals surface area contributed by atoms with Crippen molar-refractivity contribution in [2.24, 2.45) is 5.73 Å². The Hall–Kier alpha value is 0.230. The maximum absolute atomic E-state index is 9.41. The van der Waals surface area contributed by atoms with Crippen LogP contribution in [-0.4, -0.2) is 52.8 Å². The van der Waals surface area contributed by atoms with E-state index in [1.807, 2.05) is 11.8 Å². The zero-order valence-electron chi connectivity index (χ0n) is 8.49. The average molecular weight is 204 g/mol. The van der Waals surface area contributed by atoms with Crippen LogP contribution < -0.4 is 5.73 Å². The lowest BCUT2D eigenvalue weighted by molar-refractivity contribution is 0.116. The molecule has 0 amide bonds. The smallest absolute Gasteiger partial charge is 0.0789 e. The Kier molecular flexibility index (Phi) is 4.04. The first-order chi connectivity index (χ1) is 6.03. The van der Waals surface area contributed by atoms with Gasteiger partial charge < -0.3 is 10.8 Å². The molecule has 0 spiro atoms. The number of aliphatic hydroxyl groups excluding tert-OH is 1. The number of β-amino-alcohol motifs (C(OH)–C–C–N with tert-alkyl or cyclic N) is 1. The molecule has 3 nitrogen and oxygen atoms in total. The average Bonchev–Trinajstić information content (AvgIpc) is 2.02. The van der Waals surface area contributed by atoms with E-state index >= 15 is 0 Å². The molecule has 1 heterocycles. The van der Waals surface area contributed by atoms with Crippen molar-refractivity contribution in [1.29, 1.82) is 0 Å². The van der Waals surface area contributed by atoms with Crippen molar-refractivity contribution in [3.63, 3.8) is 0 Å². The number of hydrogen-bond acceptors (Lipinski definition) is 4. The maximum Gasteiger partial charge on any atom is 0.0789 e. The lowest BCUT2D eigenvalue weighted by atomic mass is 10.1. The van der Waals surface area contributed by atoms with Gasteiger partial charge in [-0.3, -0.25) is 4.90 Å². The van der Waals surface area contributed by atoms with E-state index in [1.165, 1.54) is 0 Å². The molecule has 1 atom stereocenters. The molecule has 13 heavy (non-hydrogen) atoms. The van der Waals surface area contributed by atoms with Gasteiger partial charge in [-0.15, -0.1) is 0 Å². The molecule has 0 aromatic carbocycles. The molecule has 78 valence electrons. The second-order valence-corrected chi connectivity index (χ2v) is 6.03. The fourth-order valence-electron chi connectivity index (χ4n) is 1.64. The minimum Gasteiger partial charge on any atom is -0.390 e. The van der Waals surface area contributed by atoms with Crippen LogP contribution in [0.5, 0.6) is 0 Å². The van der Waals surface area contributed by atoms with E-state index in [0.717, 1.165) is 25.4 Å². The number of nitrogens with two attached hydrogens (primary N) is 1. The van der Waals surface area contributed by atoms with Gasteiger partial charge in [-0.2, -0.15) is 11.8 Å². The van der Waals surface area contributed by atoms with Crippen molar-refractivity contribution in [3.05, 3.63) is 0 Å². The SMILES string of the molecule is CC1(C)CN(C[C@H](O)CN)CCS1. The number of thioether (sulfide) groups is 1. The molecule has 0 unspecified atom stereocenters. The van der Waals surface area contributed by atoms with Crippen molar-refractivity contribution in [2.75, 3.05) is 31.9 Å². The molecule has 1 fully saturated rings. The van der Waals surface area contributed by atoms with Crippen LogP contribution in [-0.2, 0) is 0 Å². The summed E-state index contributed by atoms with van der Waals surface area (Å²) in [4.78, 5) is 2.30. The van der Waals surface area contributed by atoms with Gasteiger partial charge in [0.15, 0.2) is 0 Å². The van der Waals surface area contributed by atoms with Crippen molar-refractivity contribution in [1.82, 2.24) is 4.90 Å². The maximum atomic E-state index is 9.41. The molecule has 1 aliphatic rings. The summed E-state index contributed by atoms with van der Waals surface area (Å²) in [6.07, 6.45) is -0.362. The number of rotatable bonds is 3. The van der Waals surface area contributed by atoms with E-state index in [-0.39, 0.29) is 6.10 Å². The summed E-state index contributed by atoms with van der Waals surface area (Å²) in [5, 5.41) is 9.41. The Morgan fingerprint density at radius 3 is 2.85 bits per heavy atom. The Labute approximate surface area is 84.7 Å². The normalized spacial score (nSPS) is 25.8. The predicted octanol–water partition coefficient (Wildman–Crippen LogP) is 0.133. The Balaban J connectivity index is 2.34. The first-order valence-corrected chi connectivity index (χ1v) is 5.76. The van der Waals surface area contributed by atoms with Crippen molar-refractivity contribution < 1.29 is 5.11 Å². The molecule has 1 rings (SSSR count). The second kappa shape index (κ2) is 4.64. The van der Waals surface area contributed by atoms with Gasteiger partial charge in [-0.05, 0) is 13.8 Å². The van der Waals surface area contributed by atoms with Crippen LogP contribution in [0.15, 0.2) is 0 Å². The standard InChI is InChI=1S/C9H20N2OS/c1-9(2)7-11(3-4-13-9)6-8(12)5-10/h8,12H,3-7,10H2,1-2H3/t8-/m1/s1. The molecule has 0 aromatic heterocycles. The minimum absolute atomic E-state index is 0.326. The third-order valence-electron chi connectivity index (χ3n) is 2.25. The van der Waals surface area contributed by atoms with Crippen LogP contribution in [0.2, 0.25) is 0 Å². The topological polar surface area (TPSA) is 49.5 Å². The van der Waals surface area contributed by atoms with E-state index < -0.39 is 0 Å². The molecule has 3 N–H and O–H groups in total. The lowest BCUT2D eigenvalue weighted by Crippen LogP contribution is -2.47. The Morgan fingerprint density at radius 1 is 1.62 bits per heavy atom. The summed E-state index contributed by atoms with van der Waals surface area (Å²) in [5.74, 6) is 1.16. The molecule has 0 aliphatic carbocycles. The summed E-state index contributed by atoms with van der Waals surface area (Å²) in [6.45, 7) is 7.71. The van der Waals surface area contributed by atoms with Gasteiger partial charge in [0, 0.05) is 36.7 Å². The summed E-state index contributed by atoms with van der Waals surface area (Å²) in [5.41, 5.74) is 5.37. The number of nitrogens with zero attached hydrogens (tertiary/aromatic N) is 1. The minimum atomic E-state index is -0.362. The summed E-state index contributed by atoms with van der Waals surface area (Å²) >= 11 is 2.00. The highest BCUT2D eigenvalue weighted by atomic mass is 32.2. The van der Waals surface area contributed by atoms with E-state index in [1.54, 1.807) is 0 Å². The fourth-order valence-corrected chi connectivity index (χ4v) is 2.82. The number of aliphatic hydroxyl groups is 1. The van der Waals surface area contributed by atoms with Crippen molar-refractivity contribution >= 4 is 11.8 Å². The summed E-state index contributed by atoms with van der Waals surface area (Å²) in [6, 6.07) is 0. The molecular weight excluding hydrogens is 184 g/mol. The van der Waals surface area contributed by atoms with Gasteiger partial charge in [-0.1, -0.05) is 0 Å². The fraction of sp³-hybridized carbons (Fsp3) is 1.00. The second-order valence-electron chi connectivity index (χ2n) is 4.23. The van der Waals surface area contributed by atoms with Gasteiger partial charge >= 0.3 is 0 Å². The van der Waals surface area contributed by atoms with Crippen LogP contribution in [0.3, 0.4) is 0 Å². The molecule has 0 radical (unpaired) electrons. The van der Waals surface area contributed by atoms with Gasteiger partial charge in [0.2, 0.25) is 0 Å². The third-order valence-corrected chi connectivity index (χ3v) is 3.54. The molecule has 4 heteroatoms. The zero-order chi connectivity index (χ0) is 9.90. The van der Waals surface area contributed by atoms with Crippen LogP contribution in [0.4, 0.5) is 0 Å². The van der Waals surface area contributed by atoms with Gasteiger partial charge in [0.05, 0.1) is 6.10 Å². The number of hydrogen-bond donors (Lipinski definition) is 2. The quantitative estimate of drug-likeness (QED) is 0.686. The molecule has 1 saturated heterocycles. The monoisotopic (exact) mass is 204 g/mol. The molecule has 0 aromatic rings. The van der Waals surface area contributed by atoms with Crippen LogP contribution >= 0.6 is 11.8 Å². The first-order valence-electron chi connectivity index (χ1n) is 4.78. The summed E-state index contributed by atoms with van der Waals surface area (Å²) in [7, 11) is 0. The summed E-state index contributed by atoms with van der Waals surface area (Å²) < 4.78 is 0.326.